The largest absolute Gasteiger partial charge is 0.331 e. The van der Waals surface area contributed by atoms with Crippen LogP contribution in [0.4, 0.5) is 4.79 Å². The number of aromatic amines is 1. The molecular weight excluding hydrogens is 338 g/mol. The Bertz CT molecular complexity index is 780. The summed E-state index contributed by atoms with van der Waals surface area (Å²) in [5, 5.41) is 3.72. The van der Waals surface area contributed by atoms with E-state index in [1.807, 2.05) is 42.2 Å². The molecule has 6 heteroatoms. The van der Waals surface area contributed by atoms with Crippen molar-refractivity contribution in [1.82, 2.24) is 15.2 Å². The van der Waals surface area contributed by atoms with Crippen molar-refractivity contribution in [2.45, 2.75) is 31.7 Å². The molecule has 1 aromatic carbocycles. The smallest absolute Gasteiger partial charge is 0.317 e. The lowest BCUT2D eigenvalue weighted by atomic mass is 9.90. The number of hydrogen-bond donors (Lipinski definition) is 2. The zero-order valence-corrected chi connectivity index (χ0v) is 14.9. The van der Waals surface area contributed by atoms with Crippen LogP contribution in [0, 0.1) is 0 Å². The summed E-state index contributed by atoms with van der Waals surface area (Å²) in [5.41, 5.74) is 2.00. The van der Waals surface area contributed by atoms with E-state index in [0.29, 0.717) is 24.0 Å². The Labute approximate surface area is 152 Å². The van der Waals surface area contributed by atoms with Crippen LogP contribution < -0.4 is 10.9 Å². The lowest BCUT2D eigenvalue weighted by Crippen LogP contribution is -2.44. The number of nitrogens with one attached hydrogen (secondary N) is 2. The summed E-state index contributed by atoms with van der Waals surface area (Å²) in [5.74, 6) is 0.333. The molecule has 2 amide bonds. The maximum absolute atomic E-state index is 12.5. The molecule has 0 aliphatic carbocycles. The third-order valence-electron chi connectivity index (χ3n) is 4.76. The molecule has 0 bridgehead atoms. The summed E-state index contributed by atoms with van der Waals surface area (Å²) in [4.78, 5) is 28.4. The Hall–Kier alpha value is -2.27. The number of pyridine rings is 1. The summed E-state index contributed by atoms with van der Waals surface area (Å²) in [6, 6.07) is 11.0. The van der Waals surface area contributed by atoms with E-state index in [0.717, 1.165) is 24.0 Å². The monoisotopic (exact) mass is 359 g/mol. The molecule has 2 aromatic rings. The van der Waals surface area contributed by atoms with Crippen molar-refractivity contribution in [2.75, 3.05) is 13.1 Å². The van der Waals surface area contributed by atoms with Crippen molar-refractivity contribution in [3.05, 3.63) is 69.1 Å². The van der Waals surface area contributed by atoms with Crippen LogP contribution in [0.25, 0.3) is 0 Å². The Morgan fingerprint density at radius 1 is 1.24 bits per heavy atom. The molecule has 1 fully saturated rings. The first kappa shape index (κ1) is 17.5. The van der Waals surface area contributed by atoms with Gasteiger partial charge in [-0.15, -0.1) is 0 Å². The zero-order chi connectivity index (χ0) is 17.8. The van der Waals surface area contributed by atoms with Crippen LogP contribution in [0.1, 0.15) is 42.9 Å². The van der Waals surface area contributed by atoms with Crippen LogP contribution >= 0.6 is 11.6 Å². The number of halogens is 1. The van der Waals surface area contributed by atoms with Crippen molar-refractivity contribution < 1.29 is 4.79 Å². The highest BCUT2D eigenvalue weighted by Gasteiger charge is 2.24. The van der Waals surface area contributed by atoms with Gasteiger partial charge in [-0.05, 0) is 55.0 Å². The molecule has 2 heterocycles. The van der Waals surface area contributed by atoms with E-state index in [9.17, 15) is 9.59 Å². The number of nitrogens with zero attached hydrogens (tertiary/aromatic N) is 1. The van der Waals surface area contributed by atoms with Gasteiger partial charge in [0.25, 0.3) is 0 Å². The molecule has 2 N–H and O–H groups in total. The van der Waals surface area contributed by atoms with Gasteiger partial charge in [0.2, 0.25) is 5.56 Å². The van der Waals surface area contributed by atoms with E-state index in [2.05, 4.69) is 10.3 Å². The van der Waals surface area contributed by atoms with Crippen molar-refractivity contribution in [3.63, 3.8) is 0 Å². The highest BCUT2D eigenvalue weighted by Crippen LogP contribution is 2.27. The standard InChI is InChI=1S/C19H22ClN3O2/c1-13(14-2-4-17(20)5-3-14)22-19(25)23-10-7-15(8-11-23)16-6-9-21-18(24)12-16/h2-6,9,12-13,15H,7-8,10-11H2,1H3,(H,21,24)(H,22,25)/t13-/m1/s1. The molecule has 1 aliphatic heterocycles. The van der Waals surface area contributed by atoms with Gasteiger partial charge in [-0.1, -0.05) is 23.7 Å². The van der Waals surface area contributed by atoms with Gasteiger partial charge < -0.3 is 15.2 Å². The van der Waals surface area contributed by atoms with Gasteiger partial charge in [0.15, 0.2) is 0 Å². The molecule has 132 valence electrons. The number of amides is 2. The number of aromatic nitrogens is 1. The number of H-pyrrole nitrogens is 1. The first-order valence-electron chi connectivity index (χ1n) is 8.52. The second-order valence-corrected chi connectivity index (χ2v) is 6.91. The summed E-state index contributed by atoms with van der Waals surface area (Å²) < 4.78 is 0. The van der Waals surface area contributed by atoms with Crippen molar-refractivity contribution >= 4 is 17.6 Å². The highest BCUT2D eigenvalue weighted by atomic mass is 35.5. The average Bonchev–Trinajstić information content (AvgIpc) is 2.62. The highest BCUT2D eigenvalue weighted by molar-refractivity contribution is 6.30. The molecule has 25 heavy (non-hydrogen) atoms. The predicted molar refractivity (Wildman–Crippen MR) is 99.0 cm³/mol. The Morgan fingerprint density at radius 2 is 1.92 bits per heavy atom. The summed E-state index contributed by atoms with van der Waals surface area (Å²) in [6.45, 7) is 3.34. The van der Waals surface area contributed by atoms with Crippen LogP contribution in [-0.2, 0) is 0 Å². The Balaban J connectivity index is 1.54. The van der Waals surface area contributed by atoms with E-state index in [1.165, 1.54) is 0 Å². The van der Waals surface area contributed by atoms with E-state index in [-0.39, 0.29) is 17.6 Å². The SMILES string of the molecule is C[C@@H](NC(=O)N1CCC(c2cc[nH]c(=O)c2)CC1)c1ccc(Cl)cc1. The van der Waals surface area contributed by atoms with Gasteiger partial charge in [-0.3, -0.25) is 4.79 Å². The topological polar surface area (TPSA) is 65.2 Å². The molecule has 0 unspecified atom stereocenters. The number of rotatable bonds is 3. The third-order valence-corrected chi connectivity index (χ3v) is 5.01. The molecule has 0 spiro atoms. The second-order valence-electron chi connectivity index (χ2n) is 6.47. The normalized spacial score (nSPS) is 16.5. The van der Waals surface area contributed by atoms with Gasteiger partial charge in [-0.2, -0.15) is 0 Å². The number of urea groups is 1. The minimum atomic E-state index is -0.0746. The molecular formula is C19H22ClN3O2. The van der Waals surface area contributed by atoms with Crippen LogP contribution in [-0.4, -0.2) is 29.0 Å². The fraction of sp³-hybridized carbons (Fsp3) is 0.368. The van der Waals surface area contributed by atoms with Crippen LogP contribution in [0.2, 0.25) is 5.02 Å². The van der Waals surface area contributed by atoms with E-state index < -0.39 is 0 Å². The maximum Gasteiger partial charge on any atom is 0.317 e. The first-order chi connectivity index (χ1) is 12.0. The summed E-state index contributed by atoms with van der Waals surface area (Å²) >= 11 is 5.90. The minimum Gasteiger partial charge on any atom is -0.331 e. The van der Waals surface area contributed by atoms with Crippen molar-refractivity contribution in [2.24, 2.45) is 0 Å². The fourth-order valence-corrected chi connectivity index (χ4v) is 3.37. The lowest BCUT2D eigenvalue weighted by molar-refractivity contribution is 0.178. The third kappa shape index (κ3) is 4.42. The van der Waals surface area contributed by atoms with Crippen LogP contribution in [0.5, 0.6) is 0 Å². The van der Waals surface area contributed by atoms with Gasteiger partial charge >= 0.3 is 6.03 Å². The van der Waals surface area contributed by atoms with E-state index >= 15 is 0 Å². The van der Waals surface area contributed by atoms with Gasteiger partial charge in [0, 0.05) is 30.4 Å². The van der Waals surface area contributed by atoms with Gasteiger partial charge in [0.1, 0.15) is 0 Å². The molecule has 1 saturated heterocycles. The molecule has 1 aliphatic rings. The number of hydrogen-bond acceptors (Lipinski definition) is 2. The van der Waals surface area contributed by atoms with Crippen molar-refractivity contribution in [3.8, 4) is 0 Å². The molecule has 3 rings (SSSR count). The number of carbonyl (C=O) groups is 1. The van der Waals surface area contributed by atoms with Crippen LogP contribution in [0.15, 0.2) is 47.4 Å². The number of piperidine rings is 1. The Morgan fingerprint density at radius 3 is 2.56 bits per heavy atom. The van der Waals surface area contributed by atoms with Gasteiger partial charge in [0.05, 0.1) is 6.04 Å². The quantitative estimate of drug-likeness (QED) is 0.878. The van der Waals surface area contributed by atoms with E-state index in [4.69, 9.17) is 11.6 Å². The van der Waals surface area contributed by atoms with Crippen molar-refractivity contribution in [1.29, 1.82) is 0 Å². The molecule has 0 radical (unpaired) electrons. The molecule has 0 saturated carbocycles. The van der Waals surface area contributed by atoms with Gasteiger partial charge in [-0.25, -0.2) is 4.79 Å². The number of likely N-dealkylation sites (tertiary alicyclic amines) is 1. The molecule has 5 nitrogen and oxygen atoms in total. The average molecular weight is 360 g/mol. The molecule has 1 atom stereocenters. The maximum atomic E-state index is 12.5. The summed E-state index contributed by atoms with van der Waals surface area (Å²) in [7, 11) is 0. The number of carbonyl (C=O) groups excluding carboxylic acids is 1. The summed E-state index contributed by atoms with van der Waals surface area (Å²) in [6.07, 6.45) is 3.42. The van der Waals surface area contributed by atoms with E-state index in [1.54, 1.807) is 12.3 Å². The Kier molecular flexibility index (Phi) is 5.43. The predicted octanol–water partition coefficient (Wildman–Crippen LogP) is 3.68. The van der Waals surface area contributed by atoms with Crippen LogP contribution in [0.3, 0.4) is 0 Å². The second kappa shape index (κ2) is 7.74. The lowest BCUT2D eigenvalue weighted by Gasteiger charge is -2.33. The fourth-order valence-electron chi connectivity index (χ4n) is 3.24. The number of benzene rings is 1. The minimum absolute atomic E-state index is 0.0493. The molecule has 1 aromatic heterocycles. The zero-order valence-electron chi connectivity index (χ0n) is 14.2. The first-order valence-corrected chi connectivity index (χ1v) is 8.90.